The lowest BCUT2D eigenvalue weighted by molar-refractivity contribution is 0.280. The molecule has 2 aromatic heterocycles. The second kappa shape index (κ2) is 8.06. The Labute approximate surface area is 214 Å². The maximum atomic E-state index is 6.93. The van der Waals surface area contributed by atoms with E-state index in [1.807, 2.05) is 6.20 Å². The smallest absolute Gasteiger partial charge is 0.145 e. The van der Waals surface area contributed by atoms with Crippen molar-refractivity contribution in [2.75, 3.05) is 0 Å². The van der Waals surface area contributed by atoms with E-state index in [0.29, 0.717) is 17.8 Å². The van der Waals surface area contributed by atoms with Crippen molar-refractivity contribution in [1.82, 2.24) is 4.98 Å². The van der Waals surface area contributed by atoms with Crippen LogP contribution in [0.3, 0.4) is 0 Å². The zero-order valence-electron chi connectivity index (χ0n) is 22.4. The first-order chi connectivity index (χ1) is 17.3. The van der Waals surface area contributed by atoms with Gasteiger partial charge in [-0.15, -0.1) is 0 Å². The highest BCUT2D eigenvalue weighted by Gasteiger charge is 2.48. The van der Waals surface area contributed by atoms with Crippen LogP contribution in [0.5, 0.6) is 0 Å². The van der Waals surface area contributed by atoms with Gasteiger partial charge in [0.25, 0.3) is 0 Å². The molecule has 6 rings (SSSR count). The third kappa shape index (κ3) is 2.94. The predicted octanol–water partition coefficient (Wildman–Crippen LogP) is 9.66. The number of aryl methyl sites for hydroxylation is 1. The quantitative estimate of drug-likeness (QED) is 0.260. The Bertz CT molecular complexity index is 1620. The van der Waals surface area contributed by atoms with Crippen LogP contribution in [-0.4, -0.2) is 4.98 Å². The van der Waals surface area contributed by atoms with Gasteiger partial charge in [0.1, 0.15) is 11.2 Å². The van der Waals surface area contributed by atoms with Gasteiger partial charge >= 0.3 is 0 Å². The number of rotatable bonds is 4. The Morgan fingerprint density at radius 2 is 1.39 bits per heavy atom. The minimum atomic E-state index is -0.0367. The Morgan fingerprint density at radius 3 is 2.08 bits per heavy atom. The number of furan rings is 1. The van der Waals surface area contributed by atoms with Crippen LogP contribution in [0.15, 0.2) is 71.3 Å². The number of pyridine rings is 1. The van der Waals surface area contributed by atoms with Crippen LogP contribution in [0.2, 0.25) is 0 Å². The van der Waals surface area contributed by atoms with Crippen molar-refractivity contribution in [3.05, 3.63) is 89.1 Å². The van der Waals surface area contributed by atoms with Gasteiger partial charge in [-0.3, -0.25) is 4.98 Å². The Kier molecular flexibility index (Phi) is 5.16. The minimum absolute atomic E-state index is 0.0367. The van der Waals surface area contributed by atoms with Crippen molar-refractivity contribution >= 4 is 21.9 Å². The molecule has 36 heavy (non-hydrogen) atoms. The average molecular weight is 474 g/mol. The summed E-state index contributed by atoms with van der Waals surface area (Å²) >= 11 is 0. The summed E-state index contributed by atoms with van der Waals surface area (Å²) in [6, 6.07) is 22.4. The van der Waals surface area contributed by atoms with Crippen LogP contribution in [0, 0.1) is 18.8 Å². The van der Waals surface area contributed by atoms with E-state index in [0.717, 1.165) is 27.8 Å². The molecule has 5 aromatic rings. The molecule has 0 bridgehead atoms. The van der Waals surface area contributed by atoms with Crippen molar-refractivity contribution in [3.63, 3.8) is 0 Å². The van der Waals surface area contributed by atoms with Crippen molar-refractivity contribution in [3.8, 4) is 22.4 Å². The molecule has 0 aliphatic heterocycles. The van der Waals surface area contributed by atoms with Crippen molar-refractivity contribution in [2.45, 2.75) is 59.8 Å². The van der Waals surface area contributed by atoms with Crippen LogP contribution >= 0.6 is 0 Å². The van der Waals surface area contributed by atoms with Gasteiger partial charge in [0, 0.05) is 33.5 Å². The van der Waals surface area contributed by atoms with Gasteiger partial charge in [0.05, 0.1) is 5.69 Å². The number of nitrogens with zero attached hydrogens (tertiary/aromatic N) is 1. The third-order valence-corrected chi connectivity index (χ3v) is 8.63. The lowest BCUT2D eigenvalue weighted by Gasteiger charge is -2.40. The third-order valence-electron chi connectivity index (χ3n) is 8.63. The monoisotopic (exact) mass is 473 g/mol. The summed E-state index contributed by atoms with van der Waals surface area (Å²) in [6.07, 6.45) is 1.93. The molecule has 0 atom stereocenters. The Morgan fingerprint density at radius 1 is 0.722 bits per heavy atom. The molecular weight excluding hydrogens is 438 g/mol. The first-order valence-electron chi connectivity index (χ1n) is 13.3. The molecule has 0 fully saturated rings. The van der Waals surface area contributed by atoms with E-state index in [-0.39, 0.29) is 5.41 Å². The molecule has 0 saturated heterocycles. The molecular formula is C34H35NO. The SMILES string of the molecule is Cc1ccc2c(oc3c4c(ccc32)C(C(C)C)(C(C)C)c2ccccc2-4)c1-c1cc(C(C)C)ccn1. The topological polar surface area (TPSA) is 26.0 Å². The summed E-state index contributed by atoms with van der Waals surface area (Å²) in [5.41, 5.74) is 11.9. The fourth-order valence-corrected chi connectivity index (χ4v) is 6.99. The Hall–Kier alpha value is -3.39. The molecule has 3 aromatic carbocycles. The van der Waals surface area contributed by atoms with Crippen LogP contribution < -0.4 is 0 Å². The Balaban J connectivity index is 1.72. The first-order valence-corrected chi connectivity index (χ1v) is 13.3. The normalized spacial score (nSPS) is 14.4. The molecule has 0 unspecified atom stereocenters. The van der Waals surface area contributed by atoms with Crippen molar-refractivity contribution < 1.29 is 4.42 Å². The summed E-state index contributed by atoms with van der Waals surface area (Å²) < 4.78 is 6.93. The second-order valence-electron chi connectivity index (χ2n) is 11.5. The summed E-state index contributed by atoms with van der Waals surface area (Å²) in [6.45, 7) is 16.1. The highest BCUT2D eigenvalue weighted by atomic mass is 16.3. The predicted molar refractivity (Wildman–Crippen MR) is 152 cm³/mol. The van der Waals surface area contributed by atoms with Crippen LogP contribution in [0.4, 0.5) is 0 Å². The maximum Gasteiger partial charge on any atom is 0.145 e. The number of aromatic nitrogens is 1. The largest absolute Gasteiger partial charge is 0.455 e. The zero-order chi connectivity index (χ0) is 25.4. The van der Waals surface area contributed by atoms with E-state index in [9.17, 15) is 0 Å². The summed E-state index contributed by atoms with van der Waals surface area (Å²) in [4.78, 5) is 4.79. The standard InChI is InChI=1S/C34H35NO/c1-19(2)23-16-17-35-29(18-23)30-22(7)12-13-24-25-14-15-28-31(33(25)36-32(24)30)26-10-8-9-11-27(26)34(28,20(3)4)21(5)6/h8-21H,1-7H3. The minimum Gasteiger partial charge on any atom is -0.455 e. The van der Waals surface area contributed by atoms with Gasteiger partial charge in [-0.05, 0) is 64.6 Å². The van der Waals surface area contributed by atoms with E-state index >= 15 is 0 Å². The number of hydrogen-bond donors (Lipinski definition) is 0. The van der Waals surface area contributed by atoms with Gasteiger partial charge in [-0.1, -0.05) is 90.1 Å². The van der Waals surface area contributed by atoms with Gasteiger partial charge in [-0.25, -0.2) is 0 Å². The summed E-state index contributed by atoms with van der Waals surface area (Å²) in [5, 5.41) is 2.34. The molecule has 2 heteroatoms. The average Bonchev–Trinajstić information content (AvgIpc) is 3.37. The fraction of sp³-hybridized carbons (Fsp3) is 0.324. The van der Waals surface area contributed by atoms with Gasteiger partial charge in [-0.2, -0.15) is 0 Å². The van der Waals surface area contributed by atoms with Gasteiger partial charge in [0.15, 0.2) is 0 Å². The maximum absolute atomic E-state index is 6.93. The first kappa shape index (κ1) is 23.0. The van der Waals surface area contributed by atoms with E-state index in [1.165, 1.54) is 38.8 Å². The number of benzene rings is 3. The lowest BCUT2D eigenvalue weighted by Crippen LogP contribution is -2.37. The lowest BCUT2D eigenvalue weighted by atomic mass is 9.63. The van der Waals surface area contributed by atoms with Crippen LogP contribution in [-0.2, 0) is 5.41 Å². The molecule has 2 heterocycles. The highest BCUT2D eigenvalue weighted by molar-refractivity contribution is 6.14. The number of hydrogen-bond acceptors (Lipinski definition) is 2. The summed E-state index contributed by atoms with van der Waals surface area (Å²) in [7, 11) is 0. The number of fused-ring (bicyclic) bond motifs is 7. The molecule has 0 saturated carbocycles. The second-order valence-corrected chi connectivity index (χ2v) is 11.5. The van der Waals surface area contributed by atoms with E-state index in [1.54, 1.807) is 0 Å². The van der Waals surface area contributed by atoms with Gasteiger partial charge in [0.2, 0.25) is 0 Å². The van der Waals surface area contributed by atoms with E-state index in [4.69, 9.17) is 9.40 Å². The van der Waals surface area contributed by atoms with E-state index in [2.05, 4.69) is 109 Å². The molecule has 182 valence electrons. The van der Waals surface area contributed by atoms with Crippen molar-refractivity contribution in [1.29, 1.82) is 0 Å². The molecule has 0 amide bonds. The summed E-state index contributed by atoms with van der Waals surface area (Å²) in [5.74, 6) is 1.37. The molecule has 0 N–H and O–H groups in total. The van der Waals surface area contributed by atoms with Crippen molar-refractivity contribution in [2.24, 2.45) is 11.8 Å². The molecule has 0 radical (unpaired) electrons. The van der Waals surface area contributed by atoms with E-state index < -0.39 is 0 Å². The van der Waals surface area contributed by atoms with Crippen LogP contribution in [0.1, 0.15) is 69.7 Å². The van der Waals surface area contributed by atoms with Gasteiger partial charge < -0.3 is 4.42 Å². The molecule has 2 nitrogen and oxygen atoms in total. The zero-order valence-corrected chi connectivity index (χ0v) is 22.4. The fourth-order valence-electron chi connectivity index (χ4n) is 6.99. The molecule has 0 spiro atoms. The molecule has 1 aliphatic carbocycles. The highest BCUT2D eigenvalue weighted by Crippen LogP contribution is 2.58. The molecule has 1 aliphatic rings. The van der Waals surface area contributed by atoms with Crippen LogP contribution in [0.25, 0.3) is 44.3 Å².